The van der Waals surface area contributed by atoms with E-state index in [1.807, 2.05) is 37.9 Å². The van der Waals surface area contributed by atoms with Gasteiger partial charge in [-0.05, 0) is 67.5 Å². The van der Waals surface area contributed by atoms with Crippen LogP contribution < -0.4 is 4.74 Å². The monoisotopic (exact) mass is 472 g/mol. The topological polar surface area (TPSA) is 72.3 Å². The Hall–Kier alpha value is -2.86. The Morgan fingerprint density at radius 2 is 2.21 bits per heavy atom. The molecule has 0 saturated carbocycles. The standard InChI is InChI=1S/C28H28N2O3S/c1-3-6-19(28(31)32)22-15(2)30-26-17-7-4-5-8-21(17)34-27(26)24(22)18-9-10-20-23-16(12-14-33-20)11-13-29-25(18)23/h7,9-11,13,19,21H,3-6,8,12,14H2,1-2H3,(H,31,32). The van der Waals surface area contributed by atoms with Crippen LogP contribution in [-0.2, 0) is 11.2 Å². The Bertz CT molecular complexity index is 1350. The van der Waals surface area contributed by atoms with Gasteiger partial charge in [-0.1, -0.05) is 19.4 Å². The van der Waals surface area contributed by atoms with Crippen molar-refractivity contribution in [1.82, 2.24) is 9.97 Å². The molecule has 5 nitrogen and oxygen atoms in total. The largest absolute Gasteiger partial charge is 0.493 e. The number of pyridine rings is 2. The fourth-order valence-electron chi connectivity index (χ4n) is 5.85. The molecule has 0 fully saturated rings. The molecule has 1 aromatic carbocycles. The highest BCUT2D eigenvalue weighted by molar-refractivity contribution is 8.01. The van der Waals surface area contributed by atoms with Crippen molar-refractivity contribution in [2.45, 2.75) is 68.4 Å². The van der Waals surface area contributed by atoms with E-state index in [1.54, 1.807) is 0 Å². The molecular weight excluding hydrogens is 444 g/mol. The van der Waals surface area contributed by atoms with Crippen LogP contribution in [0.25, 0.3) is 27.6 Å². The van der Waals surface area contributed by atoms with Gasteiger partial charge in [0.2, 0.25) is 0 Å². The molecule has 0 radical (unpaired) electrons. The summed E-state index contributed by atoms with van der Waals surface area (Å²) in [5.41, 5.74) is 8.19. The van der Waals surface area contributed by atoms with Gasteiger partial charge in [0.25, 0.3) is 0 Å². The highest BCUT2D eigenvalue weighted by Crippen LogP contribution is 2.55. The Kier molecular flexibility index (Phi) is 5.36. The predicted octanol–water partition coefficient (Wildman–Crippen LogP) is 6.55. The van der Waals surface area contributed by atoms with Crippen molar-refractivity contribution in [3.05, 3.63) is 53.0 Å². The number of hydrogen-bond acceptors (Lipinski definition) is 5. The van der Waals surface area contributed by atoms with E-state index in [0.717, 1.165) is 75.3 Å². The zero-order valence-corrected chi connectivity index (χ0v) is 20.4. The molecule has 0 bridgehead atoms. The lowest BCUT2D eigenvalue weighted by molar-refractivity contribution is -0.139. The van der Waals surface area contributed by atoms with E-state index >= 15 is 0 Å². The maximum Gasteiger partial charge on any atom is 0.311 e. The molecule has 174 valence electrons. The molecule has 3 aromatic rings. The number of benzene rings is 1. The molecule has 0 saturated heterocycles. The zero-order valence-electron chi connectivity index (χ0n) is 19.6. The molecule has 34 heavy (non-hydrogen) atoms. The molecule has 1 aliphatic carbocycles. The number of aryl methyl sites for hydroxylation is 1. The van der Waals surface area contributed by atoms with E-state index in [-0.39, 0.29) is 0 Å². The molecule has 1 N–H and O–H groups in total. The molecule has 2 unspecified atom stereocenters. The third kappa shape index (κ3) is 3.26. The van der Waals surface area contributed by atoms with Gasteiger partial charge >= 0.3 is 5.97 Å². The Morgan fingerprint density at radius 1 is 1.32 bits per heavy atom. The van der Waals surface area contributed by atoms with E-state index in [9.17, 15) is 9.90 Å². The Labute approximate surface area is 203 Å². The maximum atomic E-state index is 12.5. The normalized spacial score (nSPS) is 19.2. The molecular formula is C28H28N2O3S. The average molecular weight is 473 g/mol. The molecule has 6 heteroatoms. The number of carboxylic acid groups (broad SMARTS) is 1. The highest BCUT2D eigenvalue weighted by Gasteiger charge is 2.37. The third-order valence-electron chi connectivity index (χ3n) is 7.36. The molecule has 0 spiro atoms. The van der Waals surface area contributed by atoms with Crippen molar-refractivity contribution in [2.24, 2.45) is 0 Å². The van der Waals surface area contributed by atoms with E-state index in [4.69, 9.17) is 14.7 Å². The summed E-state index contributed by atoms with van der Waals surface area (Å²) in [7, 11) is 0. The fraction of sp³-hybridized carbons (Fsp3) is 0.393. The summed E-state index contributed by atoms with van der Waals surface area (Å²) in [5, 5.41) is 11.7. The minimum Gasteiger partial charge on any atom is -0.493 e. The number of aliphatic carboxylic acids is 1. The van der Waals surface area contributed by atoms with Gasteiger partial charge in [0.1, 0.15) is 5.75 Å². The Morgan fingerprint density at radius 3 is 3.03 bits per heavy atom. The van der Waals surface area contributed by atoms with Crippen LogP contribution in [-0.4, -0.2) is 32.9 Å². The van der Waals surface area contributed by atoms with Crippen molar-refractivity contribution in [2.75, 3.05) is 6.61 Å². The summed E-state index contributed by atoms with van der Waals surface area (Å²) in [4.78, 5) is 23.5. The second-order valence-corrected chi connectivity index (χ2v) is 10.7. The maximum absolute atomic E-state index is 12.5. The number of nitrogens with zero attached hydrogens (tertiary/aromatic N) is 2. The van der Waals surface area contributed by atoms with E-state index in [2.05, 4.69) is 18.2 Å². The van der Waals surface area contributed by atoms with Crippen molar-refractivity contribution >= 4 is 34.2 Å². The number of carbonyl (C=O) groups is 1. The van der Waals surface area contributed by atoms with Crippen molar-refractivity contribution in [1.29, 1.82) is 0 Å². The number of hydrogen-bond donors (Lipinski definition) is 1. The molecule has 2 atom stereocenters. The summed E-state index contributed by atoms with van der Waals surface area (Å²) in [6, 6.07) is 6.20. The molecule has 4 heterocycles. The van der Waals surface area contributed by atoms with Gasteiger partial charge in [-0.15, -0.1) is 11.8 Å². The summed E-state index contributed by atoms with van der Waals surface area (Å²) < 4.78 is 5.97. The summed E-state index contributed by atoms with van der Waals surface area (Å²) in [6.45, 7) is 4.69. The number of allylic oxidation sites excluding steroid dienone is 1. The first kappa shape index (κ1) is 21.7. The average Bonchev–Trinajstić information content (AvgIpc) is 3.21. The number of thioether (sulfide) groups is 1. The molecule has 2 aromatic heterocycles. The van der Waals surface area contributed by atoms with Crippen LogP contribution in [0.5, 0.6) is 5.75 Å². The Balaban J connectivity index is 1.70. The zero-order chi connectivity index (χ0) is 23.4. The van der Waals surface area contributed by atoms with Gasteiger partial charge < -0.3 is 9.84 Å². The smallest absolute Gasteiger partial charge is 0.311 e. The lowest BCUT2D eigenvalue weighted by Crippen LogP contribution is -2.16. The van der Waals surface area contributed by atoms with Crippen molar-refractivity contribution in [3.63, 3.8) is 0 Å². The number of aromatic nitrogens is 2. The van der Waals surface area contributed by atoms with Crippen LogP contribution >= 0.6 is 11.8 Å². The SMILES string of the molecule is CCCC(C(=O)O)c1c(C)nc2c(c1-c1ccc3c4c(ccnc14)CCO3)SC1CCCC=C21. The number of carboxylic acids is 1. The van der Waals surface area contributed by atoms with Crippen molar-refractivity contribution in [3.8, 4) is 16.9 Å². The second-order valence-electron chi connectivity index (χ2n) is 9.44. The first-order chi connectivity index (χ1) is 16.6. The van der Waals surface area contributed by atoms with Gasteiger partial charge in [0, 0.05) is 45.0 Å². The minimum atomic E-state index is -0.786. The van der Waals surface area contributed by atoms with E-state index in [1.165, 1.54) is 17.6 Å². The van der Waals surface area contributed by atoms with E-state index < -0.39 is 11.9 Å². The van der Waals surface area contributed by atoms with Gasteiger partial charge in [-0.3, -0.25) is 14.8 Å². The molecule has 3 aliphatic rings. The number of ether oxygens (including phenoxy) is 1. The fourth-order valence-corrected chi connectivity index (χ4v) is 7.37. The minimum absolute atomic E-state index is 0.398. The molecule has 2 aliphatic heterocycles. The van der Waals surface area contributed by atoms with Crippen LogP contribution in [0.1, 0.15) is 67.5 Å². The molecule has 6 rings (SSSR count). The second kappa shape index (κ2) is 8.42. The van der Waals surface area contributed by atoms with Gasteiger partial charge in [-0.2, -0.15) is 0 Å². The lowest BCUT2D eigenvalue weighted by Gasteiger charge is -2.24. The first-order valence-electron chi connectivity index (χ1n) is 12.3. The summed E-state index contributed by atoms with van der Waals surface area (Å²) in [5.74, 6) is -0.520. The quantitative estimate of drug-likeness (QED) is 0.454. The first-order valence-corrected chi connectivity index (χ1v) is 13.1. The molecule has 0 amide bonds. The predicted molar refractivity (Wildman–Crippen MR) is 136 cm³/mol. The van der Waals surface area contributed by atoms with Crippen LogP contribution in [0.4, 0.5) is 0 Å². The van der Waals surface area contributed by atoms with Crippen LogP contribution in [0.3, 0.4) is 0 Å². The van der Waals surface area contributed by atoms with Gasteiger partial charge in [0.05, 0.1) is 23.7 Å². The van der Waals surface area contributed by atoms with Crippen molar-refractivity contribution < 1.29 is 14.6 Å². The van der Waals surface area contributed by atoms with Crippen LogP contribution in [0.2, 0.25) is 0 Å². The summed E-state index contributed by atoms with van der Waals surface area (Å²) >= 11 is 1.87. The number of fused-ring (bicyclic) bond motifs is 3. The highest BCUT2D eigenvalue weighted by atomic mass is 32.2. The van der Waals surface area contributed by atoms with E-state index in [0.29, 0.717) is 18.3 Å². The van der Waals surface area contributed by atoms with Gasteiger partial charge in [0.15, 0.2) is 0 Å². The summed E-state index contributed by atoms with van der Waals surface area (Å²) in [6.07, 6.45) is 9.84. The third-order valence-corrected chi connectivity index (χ3v) is 8.77. The van der Waals surface area contributed by atoms with Crippen LogP contribution in [0.15, 0.2) is 35.4 Å². The lowest BCUT2D eigenvalue weighted by atomic mass is 9.84. The number of rotatable bonds is 5. The van der Waals surface area contributed by atoms with Gasteiger partial charge in [-0.25, -0.2) is 0 Å². The van der Waals surface area contributed by atoms with Crippen LogP contribution in [0, 0.1) is 6.92 Å².